The molecule has 9 heteroatoms. The third-order valence-corrected chi connectivity index (χ3v) is 6.93. The number of H-pyrrole nitrogens is 1. The number of alkyl halides is 1. The van der Waals surface area contributed by atoms with Crippen molar-refractivity contribution < 1.29 is 13.6 Å². The molecule has 1 aliphatic rings. The van der Waals surface area contributed by atoms with Gasteiger partial charge in [-0.05, 0) is 48.4 Å². The quantitative estimate of drug-likeness (QED) is 0.431. The number of nitrogens with one attached hydrogen (secondary N) is 2. The minimum atomic E-state index is -1.05. The zero-order valence-electron chi connectivity index (χ0n) is 15.5. The van der Waals surface area contributed by atoms with Gasteiger partial charge in [0.25, 0.3) is 0 Å². The fourth-order valence-electron chi connectivity index (χ4n) is 3.57. The van der Waals surface area contributed by atoms with Gasteiger partial charge in [0.15, 0.2) is 5.13 Å². The summed E-state index contributed by atoms with van der Waals surface area (Å²) in [5, 5.41) is 11.0. The maximum Gasteiger partial charge on any atom is 0.232 e. The molecule has 2 atom stereocenters. The number of carbonyl (C=O) groups excluding carboxylic acids is 1. The van der Waals surface area contributed by atoms with Crippen LogP contribution in [0.1, 0.15) is 12.0 Å². The highest BCUT2D eigenvalue weighted by molar-refractivity contribution is 7.98. The third kappa shape index (κ3) is 3.00. The van der Waals surface area contributed by atoms with Crippen LogP contribution >= 0.6 is 23.1 Å². The van der Waals surface area contributed by atoms with E-state index >= 15 is 0 Å². The highest BCUT2D eigenvalue weighted by Crippen LogP contribution is 2.41. The topological polar surface area (TPSA) is 70.7 Å². The van der Waals surface area contributed by atoms with Gasteiger partial charge >= 0.3 is 0 Å². The molecule has 2 aromatic carbocycles. The van der Waals surface area contributed by atoms with E-state index in [1.165, 1.54) is 23.1 Å². The maximum atomic E-state index is 15.0. The molecule has 0 bridgehead atoms. The molecule has 0 radical (unpaired) electrons. The highest BCUT2D eigenvalue weighted by Gasteiger charge is 2.43. The molecule has 0 saturated heterocycles. The van der Waals surface area contributed by atoms with E-state index in [0.29, 0.717) is 21.1 Å². The molecule has 0 aliphatic heterocycles. The van der Waals surface area contributed by atoms with Crippen LogP contribution in [-0.4, -0.2) is 33.5 Å². The van der Waals surface area contributed by atoms with Gasteiger partial charge in [-0.3, -0.25) is 9.89 Å². The van der Waals surface area contributed by atoms with Crippen molar-refractivity contribution >= 4 is 55.3 Å². The van der Waals surface area contributed by atoms with Gasteiger partial charge in [0.2, 0.25) is 5.91 Å². The lowest BCUT2D eigenvalue weighted by atomic mass is 9.96. The average Bonchev–Trinajstić information content (AvgIpc) is 3.08. The number of benzene rings is 2. The van der Waals surface area contributed by atoms with Crippen LogP contribution in [-0.2, 0) is 4.79 Å². The summed E-state index contributed by atoms with van der Waals surface area (Å²) < 4.78 is 28.9. The first-order chi connectivity index (χ1) is 14.0. The number of aromatic nitrogens is 3. The Morgan fingerprint density at radius 2 is 2.21 bits per heavy atom. The van der Waals surface area contributed by atoms with E-state index in [1.807, 2.05) is 24.5 Å². The van der Waals surface area contributed by atoms with Crippen molar-refractivity contribution in [3.8, 4) is 11.1 Å². The molecule has 29 heavy (non-hydrogen) atoms. The van der Waals surface area contributed by atoms with Crippen molar-refractivity contribution in [3.63, 3.8) is 0 Å². The van der Waals surface area contributed by atoms with E-state index < -0.39 is 12.1 Å². The highest BCUT2D eigenvalue weighted by atomic mass is 32.2. The number of rotatable bonds is 4. The summed E-state index contributed by atoms with van der Waals surface area (Å²) in [7, 11) is 0. The van der Waals surface area contributed by atoms with Gasteiger partial charge in [0.05, 0.1) is 32.7 Å². The molecular formula is C20H16F2N4OS2. The van der Waals surface area contributed by atoms with Crippen molar-refractivity contribution in [3.05, 3.63) is 35.8 Å². The van der Waals surface area contributed by atoms with Crippen LogP contribution in [0.25, 0.3) is 32.2 Å². The molecule has 0 unspecified atom stereocenters. The van der Waals surface area contributed by atoms with E-state index in [0.717, 1.165) is 26.7 Å². The van der Waals surface area contributed by atoms with Crippen LogP contribution in [0.4, 0.5) is 13.9 Å². The van der Waals surface area contributed by atoms with Gasteiger partial charge in [0.1, 0.15) is 12.0 Å². The summed E-state index contributed by atoms with van der Waals surface area (Å²) in [4.78, 5) is 16.9. The molecular weight excluding hydrogens is 414 g/mol. The van der Waals surface area contributed by atoms with Crippen LogP contribution in [0.5, 0.6) is 0 Å². The maximum absolute atomic E-state index is 15.0. The minimum Gasteiger partial charge on any atom is -0.302 e. The van der Waals surface area contributed by atoms with Crippen LogP contribution in [0.3, 0.4) is 0 Å². The molecule has 5 nitrogen and oxygen atoms in total. The van der Waals surface area contributed by atoms with Crippen molar-refractivity contribution in [2.24, 2.45) is 5.92 Å². The fourth-order valence-corrected chi connectivity index (χ4v) is 5.17. The van der Waals surface area contributed by atoms with Crippen molar-refractivity contribution in [2.75, 3.05) is 11.6 Å². The summed E-state index contributed by atoms with van der Waals surface area (Å²) in [6.45, 7) is 1.77. The number of carbonyl (C=O) groups is 1. The number of anilines is 1. The number of nitrogens with zero attached hydrogens (tertiary/aromatic N) is 2. The smallest absolute Gasteiger partial charge is 0.232 e. The lowest BCUT2D eigenvalue weighted by Gasteiger charge is -2.12. The van der Waals surface area contributed by atoms with Crippen LogP contribution in [0.15, 0.2) is 29.3 Å². The molecule has 1 amide bonds. The molecule has 4 aromatic rings. The molecule has 1 fully saturated rings. The molecule has 0 spiro atoms. The zero-order valence-corrected chi connectivity index (χ0v) is 17.2. The van der Waals surface area contributed by atoms with Crippen molar-refractivity contribution in [2.45, 2.75) is 24.4 Å². The number of amides is 1. The molecule has 5 rings (SSSR count). The van der Waals surface area contributed by atoms with E-state index in [2.05, 4.69) is 20.5 Å². The number of aromatic amines is 1. The summed E-state index contributed by atoms with van der Waals surface area (Å²) in [6, 6.07) is 5.67. The molecule has 2 heterocycles. The first kappa shape index (κ1) is 18.5. The molecule has 1 saturated carbocycles. The Bertz CT molecular complexity index is 1280. The Hall–Kier alpha value is -2.52. The molecule has 148 valence electrons. The summed E-state index contributed by atoms with van der Waals surface area (Å²) in [5.74, 6) is -1.15. The zero-order chi connectivity index (χ0) is 20.3. The van der Waals surface area contributed by atoms with Crippen LogP contribution < -0.4 is 5.32 Å². The molecule has 2 aromatic heterocycles. The van der Waals surface area contributed by atoms with E-state index in [-0.39, 0.29) is 18.1 Å². The molecule has 1 aliphatic carbocycles. The Balaban J connectivity index is 1.58. The van der Waals surface area contributed by atoms with Gasteiger partial charge in [-0.15, -0.1) is 11.8 Å². The fraction of sp³-hybridized carbons (Fsp3) is 0.250. The monoisotopic (exact) mass is 430 g/mol. The van der Waals surface area contributed by atoms with Crippen molar-refractivity contribution in [1.29, 1.82) is 0 Å². The van der Waals surface area contributed by atoms with Gasteiger partial charge in [-0.25, -0.2) is 13.8 Å². The Morgan fingerprint density at radius 3 is 2.93 bits per heavy atom. The van der Waals surface area contributed by atoms with Gasteiger partial charge in [0, 0.05) is 5.39 Å². The van der Waals surface area contributed by atoms with Crippen LogP contribution in [0.2, 0.25) is 0 Å². The predicted molar refractivity (Wildman–Crippen MR) is 113 cm³/mol. The standard InChI is InChI=1S/C20H16F2N4OS2/c1-8-15(11-7-23-26-17(11)18(28-2)16(8)22)9-3-4-13-14(5-9)29-20(24-13)25-19(27)10-6-12(10)21/h3-5,7,10,12H,6H2,1-2H3,(H,23,26)(H,24,25,27)/t10-,12+/m1/s1. The number of halogens is 2. The second-order valence-corrected chi connectivity index (χ2v) is 8.90. The van der Waals surface area contributed by atoms with Gasteiger partial charge < -0.3 is 5.32 Å². The molecule has 2 N–H and O–H groups in total. The Labute approximate surface area is 172 Å². The van der Waals surface area contributed by atoms with Gasteiger partial charge in [-0.1, -0.05) is 17.4 Å². The normalized spacial score (nSPS) is 18.5. The first-order valence-corrected chi connectivity index (χ1v) is 11.1. The van der Waals surface area contributed by atoms with Crippen molar-refractivity contribution in [1.82, 2.24) is 15.2 Å². The Kier molecular flexibility index (Phi) is 4.32. The lowest BCUT2D eigenvalue weighted by Crippen LogP contribution is -2.14. The number of hydrogen-bond acceptors (Lipinski definition) is 5. The van der Waals surface area contributed by atoms with Crippen LogP contribution in [0, 0.1) is 18.7 Å². The van der Waals surface area contributed by atoms with E-state index in [4.69, 9.17) is 0 Å². The van der Waals surface area contributed by atoms with E-state index in [1.54, 1.807) is 13.1 Å². The SMILES string of the molecule is CSc1c(F)c(C)c(-c2ccc3nc(NC(=O)[C@@H]4C[C@@H]4F)sc3c2)c2cn[nH]c12. The third-order valence-electron chi connectivity index (χ3n) is 5.20. The second-order valence-electron chi connectivity index (χ2n) is 7.05. The first-order valence-electron chi connectivity index (χ1n) is 9.03. The summed E-state index contributed by atoms with van der Waals surface area (Å²) >= 11 is 2.66. The number of thioether (sulfide) groups is 1. The van der Waals surface area contributed by atoms with E-state index in [9.17, 15) is 13.6 Å². The van der Waals surface area contributed by atoms with Gasteiger partial charge in [-0.2, -0.15) is 5.10 Å². The number of hydrogen-bond donors (Lipinski definition) is 2. The second kappa shape index (κ2) is 6.77. The summed E-state index contributed by atoms with van der Waals surface area (Å²) in [5.41, 5.74) is 3.59. The predicted octanol–water partition coefficient (Wildman–Crippen LogP) is 5.31. The largest absolute Gasteiger partial charge is 0.302 e. The Morgan fingerprint density at radius 1 is 1.41 bits per heavy atom. The number of fused-ring (bicyclic) bond motifs is 2. The summed E-state index contributed by atoms with van der Waals surface area (Å²) in [6.07, 6.45) is 2.78. The lowest BCUT2D eigenvalue weighted by molar-refractivity contribution is -0.117. The number of thiazole rings is 1. The average molecular weight is 431 g/mol. The minimum absolute atomic E-state index is 0.258.